The molecule has 0 bridgehead atoms. The van der Waals surface area contributed by atoms with Crippen LogP contribution in [0.1, 0.15) is 47.4 Å². The van der Waals surface area contributed by atoms with Crippen molar-refractivity contribution in [2.75, 3.05) is 62.6 Å². The molecule has 0 radical (unpaired) electrons. The van der Waals surface area contributed by atoms with Gasteiger partial charge in [-0.05, 0) is 70.8 Å². The Hall–Kier alpha value is -3.41. The zero-order valence-corrected chi connectivity index (χ0v) is 30.0. The molecule has 0 spiro atoms. The first-order valence-corrected chi connectivity index (χ1v) is 17.6. The van der Waals surface area contributed by atoms with Crippen LogP contribution in [-0.2, 0) is 27.5 Å². The number of carbonyl (C=O) groups excluding carboxylic acids is 2. The maximum absolute atomic E-state index is 14.9. The number of ether oxygens (including phenoxy) is 1. The number of carboxylic acids is 1. The molecule has 3 aliphatic rings. The number of aromatic nitrogens is 2. The minimum atomic E-state index is -1.02. The zero-order valence-electron chi connectivity index (χ0n) is 28.4. The Labute approximate surface area is 289 Å². The molecular formula is C31H47FN8O6S2. The van der Waals surface area contributed by atoms with Crippen molar-refractivity contribution < 1.29 is 33.0 Å². The third-order valence-electron chi connectivity index (χ3n) is 8.66. The van der Waals surface area contributed by atoms with Gasteiger partial charge in [0.05, 0.1) is 25.5 Å². The molecule has 3 atom stereocenters. The summed E-state index contributed by atoms with van der Waals surface area (Å²) in [7, 11) is 0. The van der Waals surface area contributed by atoms with Gasteiger partial charge in [-0.15, -0.1) is 16.9 Å². The SMILES string of the molecule is CCN(CC)CC.CCOC(=O)N1CCN(c2ccc(NCc3nn(CN[C@@H]4C(=O)N5C(C(=O)O)C(C)(C)S[C@H]45)c(=S)o3)cc2F)CC1. The second-order valence-corrected chi connectivity index (χ2v) is 14.1. The van der Waals surface area contributed by atoms with Gasteiger partial charge in [0.15, 0.2) is 0 Å². The average Bonchev–Trinajstić information content (AvgIpc) is 3.54. The maximum Gasteiger partial charge on any atom is 0.409 e. The molecule has 266 valence electrons. The molecule has 3 saturated heterocycles. The zero-order chi connectivity index (χ0) is 35.2. The molecule has 0 aliphatic carbocycles. The van der Waals surface area contributed by atoms with Crippen LogP contribution in [-0.4, -0.2) is 122 Å². The summed E-state index contributed by atoms with van der Waals surface area (Å²) in [6, 6.07) is 3.39. The maximum atomic E-state index is 14.9. The smallest absolute Gasteiger partial charge is 0.409 e. The largest absolute Gasteiger partial charge is 0.480 e. The van der Waals surface area contributed by atoms with Gasteiger partial charge in [0, 0.05) is 36.6 Å². The molecule has 0 saturated carbocycles. The van der Waals surface area contributed by atoms with Gasteiger partial charge < -0.3 is 39.2 Å². The fraction of sp³-hybridized carbons (Fsp3) is 0.645. The van der Waals surface area contributed by atoms with Crippen molar-refractivity contribution in [3.8, 4) is 0 Å². The molecule has 14 nitrogen and oxygen atoms in total. The molecule has 2 amide bonds. The van der Waals surface area contributed by atoms with Gasteiger partial charge in [-0.25, -0.2) is 18.7 Å². The van der Waals surface area contributed by atoms with E-state index in [1.165, 1.54) is 47.0 Å². The fourth-order valence-electron chi connectivity index (χ4n) is 5.97. The topological polar surface area (TPSA) is 149 Å². The van der Waals surface area contributed by atoms with E-state index < -0.39 is 28.6 Å². The first kappa shape index (κ1) is 37.4. The Morgan fingerprint density at radius 3 is 2.40 bits per heavy atom. The number of β-lactam (4-membered cyclic amide) rings is 1. The number of thioether (sulfide) groups is 1. The second kappa shape index (κ2) is 16.3. The van der Waals surface area contributed by atoms with E-state index in [0.29, 0.717) is 44.2 Å². The minimum Gasteiger partial charge on any atom is -0.480 e. The second-order valence-electron chi connectivity index (χ2n) is 12.0. The van der Waals surface area contributed by atoms with Gasteiger partial charge >= 0.3 is 12.1 Å². The van der Waals surface area contributed by atoms with Crippen molar-refractivity contribution in [2.24, 2.45) is 0 Å². The summed E-state index contributed by atoms with van der Waals surface area (Å²) in [6.07, 6.45) is -0.355. The Morgan fingerprint density at radius 1 is 1.17 bits per heavy atom. The molecule has 17 heteroatoms. The predicted molar refractivity (Wildman–Crippen MR) is 184 cm³/mol. The van der Waals surface area contributed by atoms with Crippen LogP contribution in [0.2, 0.25) is 0 Å². The van der Waals surface area contributed by atoms with Crippen molar-refractivity contribution >= 4 is 53.3 Å². The number of aliphatic carboxylic acids is 1. The lowest BCUT2D eigenvalue weighted by Crippen LogP contribution is -2.70. The van der Waals surface area contributed by atoms with Crippen LogP contribution in [0.15, 0.2) is 22.6 Å². The monoisotopic (exact) mass is 710 g/mol. The number of benzene rings is 1. The van der Waals surface area contributed by atoms with Crippen molar-refractivity contribution in [2.45, 2.75) is 77.0 Å². The molecule has 1 unspecified atom stereocenters. The lowest BCUT2D eigenvalue weighted by Gasteiger charge is -2.43. The Morgan fingerprint density at radius 2 is 1.83 bits per heavy atom. The summed E-state index contributed by atoms with van der Waals surface area (Å²) in [4.78, 5) is 43.7. The average molecular weight is 711 g/mol. The minimum absolute atomic E-state index is 0.101. The lowest BCUT2D eigenvalue weighted by atomic mass is 9.96. The number of nitrogens with zero attached hydrogens (tertiary/aromatic N) is 6. The van der Waals surface area contributed by atoms with Crippen molar-refractivity contribution in [1.29, 1.82) is 0 Å². The standard InChI is InChI=1S/C25H32FN7O6S2.C6H15N/c1-4-38-23(37)31-9-7-30(8-10-31)16-6-5-14(11-15(16)26)27-12-17-29-32(24(40)39-17)13-28-18-20(34)33-19(22(35)36)25(2,3)41-21(18)33;1-4-7(5-2)6-3/h5-6,11,18-19,21,27-28H,4,7-10,12-13H2,1-3H3,(H,35,36);4-6H2,1-3H3/t18-,19?,21-;/m1./s1. The first-order valence-electron chi connectivity index (χ1n) is 16.3. The summed E-state index contributed by atoms with van der Waals surface area (Å²) < 4.78 is 26.3. The molecule has 48 heavy (non-hydrogen) atoms. The van der Waals surface area contributed by atoms with Crippen LogP contribution in [0.4, 0.5) is 20.6 Å². The summed E-state index contributed by atoms with van der Waals surface area (Å²) in [6.45, 7) is 18.0. The number of hydrogen-bond acceptors (Lipinski definition) is 12. The van der Waals surface area contributed by atoms with Gasteiger partial charge in [-0.2, -0.15) is 0 Å². The van der Waals surface area contributed by atoms with Gasteiger partial charge in [-0.1, -0.05) is 20.8 Å². The van der Waals surface area contributed by atoms with Crippen LogP contribution in [0.5, 0.6) is 0 Å². The highest BCUT2D eigenvalue weighted by molar-refractivity contribution is 8.01. The number of rotatable bonds is 12. The van der Waals surface area contributed by atoms with E-state index in [-0.39, 0.29) is 41.3 Å². The van der Waals surface area contributed by atoms with Crippen LogP contribution < -0.4 is 15.5 Å². The summed E-state index contributed by atoms with van der Waals surface area (Å²) >= 11 is 6.71. The predicted octanol–water partition coefficient (Wildman–Crippen LogP) is 3.65. The number of anilines is 2. The summed E-state index contributed by atoms with van der Waals surface area (Å²) in [5.41, 5.74) is 0.980. The number of amides is 2. The molecule has 3 N–H and O–H groups in total. The highest BCUT2D eigenvalue weighted by Gasteiger charge is 2.63. The van der Waals surface area contributed by atoms with E-state index in [4.69, 9.17) is 21.4 Å². The number of piperazine rings is 1. The Bertz CT molecular complexity index is 1490. The van der Waals surface area contributed by atoms with Gasteiger partial charge in [0.25, 0.3) is 4.84 Å². The highest BCUT2D eigenvalue weighted by atomic mass is 32.2. The van der Waals surface area contributed by atoms with Crippen LogP contribution in [0.3, 0.4) is 0 Å². The lowest BCUT2D eigenvalue weighted by molar-refractivity contribution is -0.160. The number of hydrogen-bond donors (Lipinski definition) is 3. The molecule has 3 fully saturated rings. The van der Waals surface area contributed by atoms with Gasteiger partial charge in [-0.3, -0.25) is 10.1 Å². The number of halogens is 1. The van der Waals surface area contributed by atoms with E-state index in [1.807, 2.05) is 18.7 Å². The number of carbonyl (C=O) groups is 3. The molecule has 1 aromatic carbocycles. The van der Waals surface area contributed by atoms with E-state index in [9.17, 15) is 23.9 Å². The highest BCUT2D eigenvalue weighted by Crippen LogP contribution is 2.50. The Balaban J connectivity index is 0.000000671. The third-order valence-corrected chi connectivity index (χ3v) is 10.5. The van der Waals surface area contributed by atoms with Crippen LogP contribution in [0, 0.1) is 10.7 Å². The molecular weight excluding hydrogens is 664 g/mol. The number of fused-ring (bicyclic) bond motifs is 1. The summed E-state index contributed by atoms with van der Waals surface area (Å²) in [5.74, 6) is -1.41. The van der Waals surface area contributed by atoms with Gasteiger partial charge in [0.1, 0.15) is 23.3 Å². The number of nitrogens with one attached hydrogen (secondary N) is 2. The molecule has 3 aliphatic heterocycles. The van der Waals surface area contributed by atoms with Crippen molar-refractivity contribution in [1.82, 2.24) is 29.8 Å². The molecule has 1 aromatic heterocycles. The first-order chi connectivity index (χ1) is 22.8. The molecule has 2 aromatic rings. The van der Waals surface area contributed by atoms with Crippen LogP contribution >= 0.6 is 24.0 Å². The van der Waals surface area contributed by atoms with Crippen LogP contribution in [0.25, 0.3) is 0 Å². The molecule has 4 heterocycles. The van der Waals surface area contributed by atoms with E-state index in [0.717, 1.165) is 0 Å². The van der Waals surface area contributed by atoms with Gasteiger partial charge in [0.2, 0.25) is 11.8 Å². The molecule has 5 rings (SSSR count). The van der Waals surface area contributed by atoms with E-state index >= 15 is 0 Å². The van der Waals surface area contributed by atoms with E-state index in [2.05, 4.69) is 41.4 Å². The third kappa shape index (κ3) is 8.41. The van der Waals surface area contributed by atoms with Crippen molar-refractivity contribution in [3.63, 3.8) is 0 Å². The number of carboxylic acid groups (broad SMARTS) is 1. The quantitative estimate of drug-likeness (QED) is 0.218. The summed E-state index contributed by atoms with van der Waals surface area (Å²) in [5, 5.41) is 19.8. The normalized spacial score (nSPS) is 21.4. The van der Waals surface area contributed by atoms with E-state index in [1.54, 1.807) is 24.0 Å². The fourth-order valence-corrected chi connectivity index (χ4v) is 7.83. The Kier molecular flexibility index (Phi) is 12.7. The van der Waals surface area contributed by atoms with Crippen molar-refractivity contribution in [3.05, 3.63) is 34.7 Å².